The largest absolute Gasteiger partial charge is 0.478 e. The molecule has 0 heterocycles. The SMILES string of the molecule is CC(C)CS(=O)(=O)NCCc1ccc(C(=O)O)cc1. The molecule has 0 unspecified atom stereocenters. The van der Waals surface area contributed by atoms with Crippen molar-refractivity contribution in [3.05, 3.63) is 35.4 Å². The molecule has 0 radical (unpaired) electrons. The van der Waals surface area contributed by atoms with E-state index >= 15 is 0 Å². The summed E-state index contributed by atoms with van der Waals surface area (Å²) >= 11 is 0. The number of benzene rings is 1. The van der Waals surface area contributed by atoms with E-state index in [0.717, 1.165) is 5.56 Å². The predicted octanol–water partition coefficient (Wildman–Crippen LogP) is 1.50. The standard InChI is InChI=1S/C13H19NO4S/c1-10(2)9-19(17,18)14-8-7-11-3-5-12(6-4-11)13(15)16/h3-6,10,14H,7-9H2,1-2H3,(H,15,16). The molecule has 0 spiro atoms. The Morgan fingerprint density at radius 1 is 1.26 bits per heavy atom. The molecule has 1 aromatic rings. The van der Waals surface area contributed by atoms with Crippen molar-refractivity contribution >= 4 is 16.0 Å². The van der Waals surface area contributed by atoms with Crippen molar-refractivity contribution in [3.63, 3.8) is 0 Å². The summed E-state index contributed by atoms with van der Waals surface area (Å²) in [7, 11) is -3.22. The molecule has 0 bridgehead atoms. The van der Waals surface area contributed by atoms with Crippen LogP contribution in [0, 0.1) is 5.92 Å². The Bertz CT molecular complexity index is 520. The molecule has 5 nitrogen and oxygen atoms in total. The van der Waals surface area contributed by atoms with Gasteiger partial charge >= 0.3 is 5.97 Å². The van der Waals surface area contributed by atoms with E-state index in [4.69, 9.17) is 5.11 Å². The van der Waals surface area contributed by atoms with Gasteiger partial charge in [0.15, 0.2) is 0 Å². The van der Waals surface area contributed by atoms with Gasteiger partial charge in [0.2, 0.25) is 10.0 Å². The van der Waals surface area contributed by atoms with Crippen molar-refractivity contribution in [2.24, 2.45) is 5.92 Å². The van der Waals surface area contributed by atoms with Gasteiger partial charge in [-0.25, -0.2) is 17.9 Å². The van der Waals surface area contributed by atoms with E-state index < -0.39 is 16.0 Å². The van der Waals surface area contributed by atoms with Crippen molar-refractivity contribution < 1.29 is 18.3 Å². The number of carboxylic acid groups (broad SMARTS) is 1. The van der Waals surface area contributed by atoms with Gasteiger partial charge in [-0.1, -0.05) is 26.0 Å². The van der Waals surface area contributed by atoms with Gasteiger partial charge in [-0.05, 0) is 30.0 Å². The Hall–Kier alpha value is -1.40. The predicted molar refractivity (Wildman–Crippen MR) is 73.7 cm³/mol. The molecular weight excluding hydrogens is 266 g/mol. The van der Waals surface area contributed by atoms with E-state index in [-0.39, 0.29) is 17.2 Å². The van der Waals surface area contributed by atoms with Crippen LogP contribution in [0.1, 0.15) is 29.8 Å². The lowest BCUT2D eigenvalue weighted by atomic mass is 10.1. The highest BCUT2D eigenvalue weighted by Crippen LogP contribution is 2.05. The minimum atomic E-state index is -3.22. The smallest absolute Gasteiger partial charge is 0.335 e. The van der Waals surface area contributed by atoms with E-state index in [0.29, 0.717) is 13.0 Å². The zero-order valence-corrected chi connectivity index (χ0v) is 11.9. The third-order valence-electron chi connectivity index (χ3n) is 2.49. The van der Waals surface area contributed by atoms with Gasteiger partial charge in [0.25, 0.3) is 0 Å². The van der Waals surface area contributed by atoms with Crippen LogP contribution in [-0.4, -0.2) is 31.8 Å². The number of hydrogen-bond acceptors (Lipinski definition) is 3. The molecule has 106 valence electrons. The second-order valence-corrected chi connectivity index (χ2v) is 6.67. The fourth-order valence-corrected chi connectivity index (χ4v) is 3.07. The van der Waals surface area contributed by atoms with Crippen LogP contribution in [-0.2, 0) is 16.4 Å². The first-order chi connectivity index (χ1) is 8.80. The first-order valence-electron chi connectivity index (χ1n) is 6.10. The Kier molecular flexibility index (Phi) is 5.50. The second-order valence-electron chi connectivity index (χ2n) is 4.82. The summed E-state index contributed by atoms with van der Waals surface area (Å²) in [6, 6.07) is 6.42. The molecule has 0 fully saturated rings. The first-order valence-corrected chi connectivity index (χ1v) is 7.75. The molecule has 0 atom stereocenters. The molecule has 0 saturated heterocycles. The van der Waals surface area contributed by atoms with Crippen molar-refractivity contribution in [3.8, 4) is 0 Å². The summed E-state index contributed by atoms with van der Waals surface area (Å²) in [5.74, 6) is -0.762. The lowest BCUT2D eigenvalue weighted by Crippen LogP contribution is -2.30. The van der Waals surface area contributed by atoms with Gasteiger partial charge in [0.05, 0.1) is 11.3 Å². The number of aromatic carboxylic acids is 1. The van der Waals surface area contributed by atoms with Gasteiger partial charge in [-0.3, -0.25) is 0 Å². The Labute approximate surface area is 113 Å². The molecule has 0 aliphatic carbocycles. The molecule has 0 amide bonds. The number of carboxylic acids is 1. The van der Waals surface area contributed by atoms with Gasteiger partial charge < -0.3 is 5.11 Å². The molecule has 1 aromatic carbocycles. The Morgan fingerprint density at radius 2 is 1.84 bits per heavy atom. The van der Waals surface area contributed by atoms with Crippen LogP contribution in [0.25, 0.3) is 0 Å². The van der Waals surface area contributed by atoms with E-state index in [1.165, 1.54) is 12.1 Å². The molecule has 1 rings (SSSR count). The lowest BCUT2D eigenvalue weighted by molar-refractivity contribution is 0.0697. The van der Waals surface area contributed by atoms with E-state index in [2.05, 4.69) is 4.72 Å². The molecule has 0 aromatic heterocycles. The van der Waals surface area contributed by atoms with Crippen LogP contribution in [0.15, 0.2) is 24.3 Å². The molecule has 2 N–H and O–H groups in total. The number of rotatable bonds is 7. The van der Waals surface area contributed by atoms with Crippen LogP contribution in [0.3, 0.4) is 0 Å². The minimum absolute atomic E-state index is 0.0901. The van der Waals surface area contributed by atoms with Gasteiger partial charge in [-0.15, -0.1) is 0 Å². The minimum Gasteiger partial charge on any atom is -0.478 e. The fraction of sp³-hybridized carbons (Fsp3) is 0.462. The number of hydrogen-bond donors (Lipinski definition) is 2. The highest BCUT2D eigenvalue weighted by Gasteiger charge is 2.11. The van der Waals surface area contributed by atoms with Crippen molar-refractivity contribution in [1.29, 1.82) is 0 Å². The number of nitrogens with one attached hydrogen (secondary N) is 1. The van der Waals surface area contributed by atoms with Crippen molar-refractivity contribution in [2.45, 2.75) is 20.3 Å². The summed E-state index contributed by atoms with van der Waals surface area (Å²) in [6.45, 7) is 4.02. The zero-order valence-electron chi connectivity index (χ0n) is 11.1. The molecular formula is C13H19NO4S. The second kappa shape index (κ2) is 6.68. The number of carbonyl (C=O) groups is 1. The maximum absolute atomic E-state index is 11.6. The third-order valence-corrected chi connectivity index (χ3v) is 4.24. The van der Waals surface area contributed by atoms with E-state index in [1.54, 1.807) is 12.1 Å². The lowest BCUT2D eigenvalue weighted by Gasteiger charge is -2.08. The van der Waals surface area contributed by atoms with Crippen molar-refractivity contribution in [1.82, 2.24) is 4.72 Å². The summed E-state index contributed by atoms with van der Waals surface area (Å²) in [4.78, 5) is 10.7. The Balaban J connectivity index is 2.47. The fourth-order valence-electron chi connectivity index (χ4n) is 1.66. The average molecular weight is 285 g/mol. The highest BCUT2D eigenvalue weighted by atomic mass is 32.2. The summed E-state index contributed by atoms with van der Waals surface area (Å²) in [5.41, 5.74) is 1.13. The number of sulfonamides is 1. The molecule has 0 aliphatic rings. The molecule has 6 heteroatoms. The van der Waals surface area contributed by atoms with Crippen molar-refractivity contribution in [2.75, 3.05) is 12.3 Å². The topological polar surface area (TPSA) is 83.5 Å². The van der Waals surface area contributed by atoms with E-state index in [1.807, 2.05) is 13.8 Å². The van der Waals surface area contributed by atoms with Gasteiger partial charge in [0, 0.05) is 6.54 Å². The average Bonchev–Trinajstić information content (AvgIpc) is 2.27. The van der Waals surface area contributed by atoms with Gasteiger partial charge in [0.1, 0.15) is 0 Å². The first kappa shape index (κ1) is 15.7. The summed E-state index contributed by atoms with van der Waals surface area (Å²) < 4.78 is 25.7. The maximum atomic E-state index is 11.6. The summed E-state index contributed by atoms with van der Waals surface area (Å²) in [6.07, 6.45) is 0.539. The maximum Gasteiger partial charge on any atom is 0.335 e. The highest BCUT2D eigenvalue weighted by molar-refractivity contribution is 7.89. The summed E-state index contributed by atoms with van der Waals surface area (Å²) in [5, 5.41) is 8.75. The molecule has 0 aliphatic heterocycles. The van der Waals surface area contributed by atoms with Crippen LogP contribution in [0.2, 0.25) is 0 Å². The zero-order chi connectivity index (χ0) is 14.5. The van der Waals surface area contributed by atoms with Crippen LogP contribution >= 0.6 is 0 Å². The molecule has 19 heavy (non-hydrogen) atoms. The monoisotopic (exact) mass is 285 g/mol. The van der Waals surface area contributed by atoms with Gasteiger partial charge in [-0.2, -0.15) is 0 Å². The normalized spacial score (nSPS) is 11.7. The van der Waals surface area contributed by atoms with Crippen LogP contribution in [0.4, 0.5) is 0 Å². The van der Waals surface area contributed by atoms with Crippen LogP contribution < -0.4 is 4.72 Å². The van der Waals surface area contributed by atoms with E-state index in [9.17, 15) is 13.2 Å². The Morgan fingerprint density at radius 3 is 2.32 bits per heavy atom. The van der Waals surface area contributed by atoms with Crippen LogP contribution in [0.5, 0.6) is 0 Å². The quantitative estimate of drug-likeness (QED) is 0.795. The molecule has 0 saturated carbocycles. The third kappa shape index (κ3) is 5.85.